The Bertz CT molecular complexity index is 280. The van der Waals surface area contributed by atoms with Gasteiger partial charge < -0.3 is 4.74 Å². The smallest absolute Gasteiger partial charge is 0.142 e. The minimum absolute atomic E-state index is 0.326. The van der Waals surface area contributed by atoms with Gasteiger partial charge in [-0.3, -0.25) is 4.79 Å². The molecule has 2 aliphatic heterocycles. The summed E-state index contributed by atoms with van der Waals surface area (Å²) >= 11 is 0. The first-order valence-electron chi connectivity index (χ1n) is 5.55. The Morgan fingerprint density at radius 3 is 3.00 bits per heavy atom. The van der Waals surface area contributed by atoms with E-state index in [1.54, 1.807) is 0 Å². The number of Topliss-reactive ketones (excluding diaryl/α,β-unsaturated/α-hetero) is 1. The lowest BCUT2D eigenvalue weighted by atomic mass is 9.64. The van der Waals surface area contributed by atoms with E-state index in [2.05, 4.69) is 0 Å². The second kappa shape index (κ2) is 2.00. The molecule has 5 aliphatic rings. The minimum atomic E-state index is 0.326. The van der Waals surface area contributed by atoms with Crippen LogP contribution in [-0.4, -0.2) is 18.0 Å². The highest BCUT2D eigenvalue weighted by molar-refractivity contribution is 5.88. The van der Waals surface area contributed by atoms with E-state index in [0.717, 1.165) is 6.42 Å². The van der Waals surface area contributed by atoms with Gasteiger partial charge in [0, 0.05) is 11.8 Å². The number of carbonyl (C=O) groups is 1. The molecule has 5 rings (SSSR count). The van der Waals surface area contributed by atoms with Crippen LogP contribution in [0.3, 0.4) is 0 Å². The minimum Gasteiger partial charge on any atom is -0.374 e. The summed E-state index contributed by atoms with van der Waals surface area (Å²) in [7, 11) is 0. The van der Waals surface area contributed by atoms with Crippen molar-refractivity contribution in [1.82, 2.24) is 0 Å². The van der Waals surface area contributed by atoms with Crippen LogP contribution in [0.2, 0.25) is 0 Å². The Morgan fingerprint density at radius 1 is 1.23 bits per heavy atom. The molecular formula is C11H14O2. The van der Waals surface area contributed by atoms with Gasteiger partial charge in [0.1, 0.15) is 5.78 Å². The second-order valence-corrected chi connectivity index (χ2v) is 5.17. The maximum Gasteiger partial charge on any atom is 0.142 e. The van der Waals surface area contributed by atoms with E-state index in [1.165, 1.54) is 19.3 Å². The highest BCUT2D eigenvalue weighted by Crippen LogP contribution is 2.59. The number of carbonyl (C=O) groups excluding carboxylic acids is 1. The SMILES string of the molecule is O=C1C2CC3OC4C2CCCC4C13. The molecule has 3 aliphatic carbocycles. The molecule has 2 heterocycles. The second-order valence-electron chi connectivity index (χ2n) is 5.17. The third-order valence-electron chi connectivity index (χ3n) is 4.81. The topological polar surface area (TPSA) is 26.3 Å². The van der Waals surface area contributed by atoms with Gasteiger partial charge in [-0.25, -0.2) is 0 Å². The normalized spacial score (nSPS) is 62.0. The largest absolute Gasteiger partial charge is 0.374 e. The molecule has 2 nitrogen and oxygen atoms in total. The van der Waals surface area contributed by atoms with Crippen molar-refractivity contribution in [2.45, 2.75) is 37.9 Å². The first-order valence-corrected chi connectivity index (χ1v) is 5.55. The van der Waals surface area contributed by atoms with Gasteiger partial charge in [0.15, 0.2) is 0 Å². The lowest BCUT2D eigenvalue weighted by Crippen LogP contribution is -2.46. The monoisotopic (exact) mass is 178 g/mol. The molecular weight excluding hydrogens is 164 g/mol. The molecule has 6 bridgehead atoms. The van der Waals surface area contributed by atoms with Crippen molar-refractivity contribution in [1.29, 1.82) is 0 Å². The predicted molar refractivity (Wildman–Crippen MR) is 46.1 cm³/mol. The van der Waals surface area contributed by atoms with E-state index < -0.39 is 0 Å². The molecule has 0 aromatic carbocycles. The Kier molecular flexibility index (Phi) is 1.08. The van der Waals surface area contributed by atoms with E-state index in [1.807, 2.05) is 0 Å². The van der Waals surface area contributed by atoms with Gasteiger partial charge in [-0.05, 0) is 31.1 Å². The number of ether oxygens (including phenoxy) is 1. The van der Waals surface area contributed by atoms with Gasteiger partial charge in [-0.15, -0.1) is 0 Å². The van der Waals surface area contributed by atoms with Crippen molar-refractivity contribution >= 4 is 5.78 Å². The molecule has 0 spiro atoms. The van der Waals surface area contributed by atoms with Crippen LogP contribution >= 0.6 is 0 Å². The molecule has 5 fully saturated rings. The Morgan fingerprint density at radius 2 is 2.08 bits per heavy atom. The Balaban J connectivity index is 1.88. The van der Waals surface area contributed by atoms with Crippen LogP contribution in [0.15, 0.2) is 0 Å². The van der Waals surface area contributed by atoms with E-state index in [9.17, 15) is 4.79 Å². The maximum absolute atomic E-state index is 12.0. The third-order valence-corrected chi connectivity index (χ3v) is 4.81. The zero-order chi connectivity index (χ0) is 8.58. The molecule has 2 saturated heterocycles. The summed E-state index contributed by atoms with van der Waals surface area (Å²) < 4.78 is 5.97. The average Bonchev–Trinajstić information content (AvgIpc) is 2.59. The van der Waals surface area contributed by atoms with Crippen LogP contribution in [-0.2, 0) is 9.53 Å². The molecule has 0 amide bonds. The Hall–Kier alpha value is -0.370. The molecule has 0 aromatic heterocycles. The van der Waals surface area contributed by atoms with Gasteiger partial charge in [0.2, 0.25) is 0 Å². The molecule has 13 heavy (non-hydrogen) atoms. The summed E-state index contributed by atoms with van der Waals surface area (Å²) in [6.45, 7) is 0. The van der Waals surface area contributed by atoms with Crippen molar-refractivity contribution in [2.24, 2.45) is 23.7 Å². The maximum atomic E-state index is 12.0. The van der Waals surface area contributed by atoms with Gasteiger partial charge in [0.25, 0.3) is 0 Å². The lowest BCUT2D eigenvalue weighted by molar-refractivity contribution is -0.136. The lowest BCUT2D eigenvalue weighted by Gasteiger charge is -2.42. The molecule has 70 valence electrons. The molecule has 2 heteroatoms. The van der Waals surface area contributed by atoms with Crippen LogP contribution in [0, 0.1) is 23.7 Å². The third kappa shape index (κ3) is 0.622. The molecule has 0 radical (unpaired) electrons. The molecule has 6 unspecified atom stereocenters. The zero-order valence-electron chi connectivity index (χ0n) is 7.61. The fraction of sp³-hybridized carbons (Fsp3) is 0.909. The first kappa shape index (κ1) is 6.99. The summed E-state index contributed by atoms with van der Waals surface area (Å²) in [6, 6.07) is 0. The molecule has 3 saturated carbocycles. The Labute approximate surface area is 77.6 Å². The van der Waals surface area contributed by atoms with Crippen molar-refractivity contribution in [3.63, 3.8) is 0 Å². The fourth-order valence-electron chi connectivity index (χ4n) is 4.41. The standard InChI is InChI=1S/C11H14O2/c12-10-7-4-8-9(10)6-3-1-2-5(7)11(6)13-8/h5-9,11H,1-4H2. The number of hydrogen-bond donors (Lipinski definition) is 0. The van der Waals surface area contributed by atoms with Crippen molar-refractivity contribution in [3.05, 3.63) is 0 Å². The van der Waals surface area contributed by atoms with Crippen LogP contribution < -0.4 is 0 Å². The summed E-state index contributed by atoms with van der Waals surface area (Å²) in [5.74, 6) is 2.53. The molecule has 6 atom stereocenters. The van der Waals surface area contributed by atoms with Crippen molar-refractivity contribution in [2.75, 3.05) is 0 Å². The fourth-order valence-corrected chi connectivity index (χ4v) is 4.41. The summed E-state index contributed by atoms with van der Waals surface area (Å²) in [6.07, 6.45) is 5.71. The molecule has 0 aromatic rings. The van der Waals surface area contributed by atoms with E-state index >= 15 is 0 Å². The molecule has 0 N–H and O–H groups in total. The van der Waals surface area contributed by atoms with Crippen LogP contribution in [0.25, 0.3) is 0 Å². The van der Waals surface area contributed by atoms with Crippen LogP contribution in [0.4, 0.5) is 0 Å². The van der Waals surface area contributed by atoms with E-state index in [-0.39, 0.29) is 0 Å². The van der Waals surface area contributed by atoms with Crippen LogP contribution in [0.5, 0.6) is 0 Å². The van der Waals surface area contributed by atoms with E-state index in [4.69, 9.17) is 4.74 Å². The quantitative estimate of drug-likeness (QED) is 0.560. The number of hydrogen-bond acceptors (Lipinski definition) is 2. The number of ketones is 1. The van der Waals surface area contributed by atoms with Gasteiger partial charge >= 0.3 is 0 Å². The predicted octanol–water partition coefficient (Wildman–Crippen LogP) is 1.39. The van der Waals surface area contributed by atoms with Gasteiger partial charge in [-0.1, -0.05) is 6.42 Å². The zero-order valence-corrected chi connectivity index (χ0v) is 7.61. The average molecular weight is 178 g/mol. The van der Waals surface area contributed by atoms with E-state index in [0.29, 0.717) is 41.7 Å². The highest BCUT2D eigenvalue weighted by atomic mass is 16.5. The van der Waals surface area contributed by atoms with Gasteiger partial charge in [-0.2, -0.15) is 0 Å². The summed E-state index contributed by atoms with van der Waals surface area (Å²) in [5.41, 5.74) is 0. The van der Waals surface area contributed by atoms with Crippen LogP contribution in [0.1, 0.15) is 25.7 Å². The van der Waals surface area contributed by atoms with Crippen molar-refractivity contribution in [3.8, 4) is 0 Å². The number of rotatable bonds is 0. The highest BCUT2D eigenvalue weighted by Gasteiger charge is 2.65. The first-order chi connectivity index (χ1) is 6.36. The summed E-state index contributed by atoms with van der Waals surface area (Å²) in [5, 5.41) is 0. The van der Waals surface area contributed by atoms with Gasteiger partial charge in [0.05, 0.1) is 12.2 Å². The van der Waals surface area contributed by atoms with Crippen molar-refractivity contribution < 1.29 is 9.53 Å². The summed E-state index contributed by atoms with van der Waals surface area (Å²) in [4.78, 5) is 12.0.